The molecule has 176 valence electrons. The molecule has 1 aliphatic heterocycles. The predicted octanol–water partition coefficient (Wildman–Crippen LogP) is 4.68. The topological polar surface area (TPSA) is 105 Å². The number of nitrogens with zero attached hydrogens (tertiary/aromatic N) is 1. The van der Waals surface area contributed by atoms with E-state index in [1.807, 2.05) is 0 Å². The first kappa shape index (κ1) is 24.0. The van der Waals surface area contributed by atoms with Crippen molar-refractivity contribution in [1.29, 1.82) is 0 Å². The fourth-order valence-corrected chi connectivity index (χ4v) is 3.57. The van der Waals surface area contributed by atoms with Crippen LogP contribution in [0.25, 0.3) is 6.08 Å². The SMILES string of the molecule is O=C(COc1ccc(Cl)cc1/C=C1\C(=O)NC(=O)N(c2ccccc2)C1=O)Nc1ccc(Cl)cc1. The number of hydrogen-bond acceptors (Lipinski definition) is 5. The van der Waals surface area contributed by atoms with E-state index in [2.05, 4.69) is 10.6 Å². The summed E-state index contributed by atoms with van der Waals surface area (Å²) < 4.78 is 5.63. The van der Waals surface area contributed by atoms with E-state index in [-0.39, 0.29) is 23.5 Å². The average Bonchev–Trinajstić information content (AvgIpc) is 2.83. The number of halogens is 2. The van der Waals surface area contributed by atoms with Crippen molar-refractivity contribution in [1.82, 2.24) is 5.32 Å². The van der Waals surface area contributed by atoms with Crippen LogP contribution in [-0.2, 0) is 14.4 Å². The zero-order valence-corrected chi connectivity index (χ0v) is 19.5. The minimum absolute atomic E-state index is 0.205. The summed E-state index contributed by atoms with van der Waals surface area (Å²) in [6.45, 7) is -0.352. The molecule has 5 amide bonds. The monoisotopic (exact) mass is 509 g/mol. The molecule has 0 spiro atoms. The second-order valence-corrected chi connectivity index (χ2v) is 8.19. The fraction of sp³-hybridized carbons (Fsp3) is 0.0400. The summed E-state index contributed by atoms with van der Waals surface area (Å²) in [4.78, 5) is 51.1. The van der Waals surface area contributed by atoms with Gasteiger partial charge >= 0.3 is 6.03 Å². The zero-order chi connectivity index (χ0) is 24.9. The van der Waals surface area contributed by atoms with Crippen molar-refractivity contribution in [2.75, 3.05) is 16.8 Å². The molecule has 1 aliphatic rings. The smallest absolute Gasteiger partial charge is 0.335 e. The molecular formula is C25H17Cl2N3O5. The molecule has 3 aromatic carbocycles. The summed E-state index contributed by atoms with van der Waals surface area (Å²) in [6.07, 6.45) is 1.26. The van der Waals surface area contributed by atoms with Crippen LogP contribution in [-0.4, -0.2) is 30.4 Å². The van der Waals surface area contributed by atoms with E-state index in [4.69, 9.17) is 27.9 Å². The summed E-state index contributed by atoms with van der Waals surface area (Å²) >= 11 is 12.0. The van der Waals surface area contributed by atoms with E-state index in [1.165, 1.54) is 18.2 Å². The van der Waals surface area contributed by atoms with Crippen molar-refractivity contribution in [2.45, 2.75) is 0 Å². The van der Waals surface area contributed by atoms with Gasteiger partial charge in [-0.05, 0) is 60.7 Å². The third kappa shape index (κ3) is 5.68. The van der Waals surface area contributed by atoms with E-state index >= 15 is 0 Å². The van der Waals surface area contributed by atoms with Gasteiger partial charge in [-0.2, -0.15) is 0 Å². The number of para-hydroxylation sites is 1. The van der Waals surface area contributed by atoms with E-state index in [0.717, 1.165) is 4.90 Å². The lowest BCUT2D eigenvalue weighted by Crippen LogP contribution is -2.54. The fourth-order valence-electron chi connectivity index (χ4n) is 3.26. The van der Waals surface area contributed by atoms with E-state index in [0.29, 0.717) is 21.4 Å². The highest BCUT2D eigenvalue weighted by molar-refractivity contribution is 6.39. The number of ether oxygens (including phenoxy) is 1. The normalized spacial score (nSPS) is 14.6. The van der Waals surface area contributed by atoms with Gasteiger partial charge in [0.05, 0.1) is 5.69 Å². The number of rotatable bonds is 6. The Bertz CT molecular complexity index is 1340. The number of amides is 5. The van der Waals surface area contributed by atoms with Crippen molar-refractivity contribution < 1.29 is 23.9 Å². The molecule has 1 heterocycles. The average molecular weight is 510 g/mol. The van der Waals surface area contributed by atoms with Crippen LogP contribution in [0.4, 0.5) is 16.2 Å². The van der Waals surface area contributed by atoms with Crippen molar-refractivity contribution in [3.05, 3.63) is 94.0 Å². The Labute approximate surface area is 210 Å². The van der Waals surface area contributed by atoms with Crippen LogP contribution < -0.4 is 20.3 Å². The molecule has 0 atom stereocenters. The van der Waals surface area contributed by atoms with Gasteiger partial charge in [-0.15, -0.1) is 0 Å². The molecule has 0 unspecified atom stereocenters. The Morgan fingerprint density at radius 2 is 1.63 bits per heavy atom. The first-order valence-corrected chi connectivity index (χ1v) is 11.0. The molecule has 8 nitrogen and oxygen atoms in total. The van der Waals surface area contributed by atoms with Gasteiger partial charge in [0.2, 0.25) is 0 Å². The number of benzene rings is 3. The highest BCUT2D eigenvalue weighted by Gasteiger charge is 2.36. The summed E-state index contributed by atoms with van der Waals surface area (Å²) in [5.74, 6) is -1.90. The molecule has 3 aromatic rings. The van der Waals surface area contributed by atoms with Crippen LogP contribution in [0.2, 0.25) is 10.0 Å². The maximum atomic E-state index is 13.1. The summed E-state index contributed by atoms with van der Waals surface area (Å²) in [5, 5.41) is 5.67. The molecule has 2 N–H and O–H groups in total. The minimum atomic E-state index is -0.862. The second kappa shape index (κ2) is 10.4. The molecule has 0 saturated carbocycles. The van der Waals surface area contributed by atoms with Crippen LogP contribution in [0.1, 0.15) is 5.56 Å². The number of carbonyl (C=O) groups excluding carboxylic acids is 4. The Hall–Kier alpha value is -4.14. The first-order valence-electron chi connectivity index (χ1n) is 10.3. The lowest BCUT2D eigenvalue weighted by atomic mass is 10.1. The number of anilines is 2. The molecular weight excluding hydrogens is 493 g/mol. The molecule has 0 aromatic heterocycles. The molecule has 0 radical (unpaired) electrons. The third-order valence-corrected chi connectivity index (χ3v) is 5.36. The molecule has 1 saturated heterocycles. The van der Waals surface area contributed by atoms with Crippen LogP contribution >= 0.6 is 23.2 Å². The second-order valence-electron chi connectivity index (χ2n) is 7.32. The summed E-state index contributed by atoms with van der Waals surface area (Å²) in [7, 11) is 0. The van der Waals surface area contributed by atoms with Gasteiger partial charge in [0.25, 0.3) is 17.7 Å². The molecule has 0 bridgehead atoms. The van der Waals surface area contributed by atoms with Crippen LogP contribution in [0.15, 0.2) is 78.4 Å². The quantitative estimate of drug-likeness (QED) is 0.370. The van der Waals surface area contributed by atoms with Gasteiger partial charge in [0.15, 0.2) is 6.61 Å². The number of barbiturate groups is 1. The lowest BCUT2D eigenvalue weighted by Gasteiger charge is -2.26. The summed E-state index contributed by atoms with van der Waals surface area (Å²) in [6, 6.07) is 18.4. The van der Waals surface area contributed by atoms with Gasteiger partial charge < -0.3 is 10.1 Å². The van der Waals surface area contributed by atoms with Crippen LogP contribution in [0, 0.1) is 0 Å². The van der Waals surface area contributed by atoms with Gasteiger partial charge in [-0.3, -0.25) is 19.7 Å². The maximum Gasteiger partial charge on any atom is 0.335 e. The standard InChI is InChI=1S/C25H17Cl2N3O5/c26-16-6-9-18(10-7-16)28-22(31)14-35-21-11-8-17(27)12-15(21)13-20-23(32)29-25(34)30(24(20)33)19-4-2-1-3-5-19/h1-13H,14H2,(H,28,31)(H,29,32,34)/b20-13+. The first-order chi connectivity index (χ1) is 16.8. The minimum Gasteiger partial charge on any atom is -0.483 e. The van der Waals surface area contributed by atoms with Crippen molar-refractivity contribution >= 4 is 64.4 Å². The Morgan fingerprint density at radius 1 is 0.943 bits per heavy atom. The largest absolute Gasteiger partial charge is 0.483 e. The highest BCUT2D eigenvalue weighted by atomic mass is 35.5. The number of urea groups is 1. The van der Waals surface area contributed by atoms with E-state index in [9.17, 15) is 19.2 Å². The van der Waals surface area contributed by atoms with Crippen LogP contribution in [0.3, 0.4) is 0 Å². The van der Waals surface area contributed by atoms with Crippen molar-refractivity contribution in [3.63, 3.8) is 0 Å². The number of imide groups is 2. The number of hydrogen-bond donors (Lipinski definition) is 2. The summed E-state index contributed by atoms with van der Waals surface area (Å²) in [5.41, 5.74) is 0.815. The Kier molecular flexibility index (Phi) is 7.14. The van der Waals surface area contributed by atoms with Gasteiger partial charge in [0.1, 0.15) is 11.3 Å². The zero-order valence-electron chi connectivity index (χ0n) is 18.0. The van der Waals surface area contributed by atoms with E-state index < -0.39 is 23.8 Å². The molecule has 0 aliphatic carbocycles. The van der Waals surface area contributed by atoms with Gasteiger partial charge in [0, 0.05) is 21.3 Å². The Balaban J connectivity index is 1.57. The predicted molar refractivity (Wildman–Crippen MR) is 132 cm³/mol. The molecule has 4 rings (SSSR count). The van der Waals surface area contributed by atoms with Crippen molar-refractivity contribution in [3.8, 4) is 5.75 Å². The third-order valence-electron chi connectivity index (χ3n) is 4.87. The van der Waals surface area contributed by atoms with Crippen molar-refractivity contribution in [2.24, 2.45) is 0 Å². The number of carbonyl (C=O) groups is 4. The molecule has 35 heavy (non-hydrogen) atoms. The number of nitrogens with one attached hydrogen (secondary N) is 2. The molecule has 1 fully saturated rings. The Morgan fingerprint density at radius 3 is 2.34 bits per heavy atom. The highest BCUT2D eigenvalue weighted by Crippen LogP contribution is 2.28. The lowest BCUT2D eigenvalue weighted by molar-refractivity contribution is -0.122. The molecule has 10 heteroatoms. The van der Waals surface area contributed by atoms with Gasteiger partial charge in [-0.1, -0.05) is 41.4 Å². The maximum absolute atomic E-state index is 13.1. The van der Waals surface area contributed by atoms with E-state index in [1.54, 1.807) is 60.7 Å². The van der Waals surface area contributed by atoms with Gasteiger partial charge in [-0.25, -0.2) is 9.69 Å². The van der Waals surface area contributed by atoms with Crippen LogP contribution in [0.5, 0.6) is 5.75 Å².